The number of benzene rings is 1. The summed E-state index contributed by atoms with van der Waals surface area (Å²) < 4.78 is 0. The molecule has 1 atom stereocenters. The molecule has 1 saturated heterocycles. The van der Waals surface area contributed by atoms with Gasteiger partial charge in [0.2, 0.25) is 0 Å². The Bertz CT molecular complexity index is 453. The van der Waals surface area contributed by atoms with Crippen molar-refractivity contribution in [2.24, 2.45) is 0 Å². The van der Waals surface area contributed by atoms with E-state index in [9.17, 15) is 9.90 Å². The van der Waals surface area contributed by atoms with Crippen molar-refractivity contribution >= 4 is 17.6 Å². The summed E-state index contributed by atoms with van der Waals surface area (Å²) in [5.41, 5.74) is 0.894. The first-order valence-electron chi connectivity index (χ1n) is 5.73. The molecular formula is C12H15ClN2O3. The molecule has 0 radical (unpaired) electrons. The first-order valence-corrected chi connectivity index (χ1v) is 6.10. The fourth-order valence-corrected chi connectivity index (χ4v) is 2.27. The standard InChI is InChI=1S/C12H15ClN2O3/c13-9-5-8(1-2-11(9)16)7-15-4-3-14-6-10(15)12(17)18/h1-2,5,10,14,16H,3-4,6-7H2,(H,17,18). The molecule has 0 aliphatic carbocycles. The average molecular weight is 271 g/mol. The zero-order valence-electron chi connectivity index (χ0n) is 9.77. The van der Waals surface area contributed by atoms with E-state index in [1.807, 2.05) is 4.90 Å². The zero-order valence-corrected chi connectivity index (χ0v) is 10.5. The van der Waals surface area contributed by atoms with E-state index in [2.05, 4.69) is 5.32 Å². The molecule has 98 valence electrons. The number of halogens is 1. The molecule has 1 aliphatic heterocycles. The Labute approximate surface area is 110 Å². The van der Waals surface area contributed by atoms with Crippen molar-refractivity contribution in [3.63, 3.8) is 0 Å². The van der Waals surface area contributed by atoms with Gasteiger partial charge >= 0.3 is 5.97 Å². The third-order valence-corrected chi connectivity index (χ3v) is 3.34. The summed E-state index contributed by atoms with van der Waals surface area (Å²) in [7, 11) is 0. The molecule has 5 nitrogen and oxygen atoms in total. The molecule has 2 rings (SSSR count). The van der Waals surface area contributed by atoms with Crippen LogP contribution >= 0.6 is 11.6 Å². The summed E-state index contributed by atoms with van der Waals surface area (Å²) in [5.74, 6) is -0.789. The summed E-state index contributed by atoms with van der Waals surface area (Å²) in [4.78, 5) is 13.0. The number of hydrogen-bond donors (Lipinski definition) is 3. The van der Waals surface area contributed by atoms with Gasteiger partial charge in [-0.2, -0.15) is 0 Å². The van der Waals surface area contributed by atoms with Gasteiger partial charge in [0, 0.05) is 26.2 Å². The first-order chi connectivity index (χ1) is 8.58. The van der Waals surface area contributed by atoms with Gasteiger partial charge in [0.1, 0.15) is 11.8 Å². The number of aliphatic carboxylic acids is 1. The van der Waals surface area contributed by atoms with E-state index < -0.39 is 12.0 Å². The van der Waals surface area contributed by atoms with Crippen LogP contribution in [-0.2, 0) is 11.3 Å². The van der Waals surface area contributed by atoms with Crippen LogP contribution in [0, 0.1) is 0 Å². The van der Waals surface area contributed by atoms with E-state index in [0.717, 1.165) is 12.1 Å². The summed E-state index contributed by atoms with van der Waals surface area (Å²) in [6.07, 6.45) is 0. The maximum Gasteiger partial charge on any atom is 0.322 e. The lowest BCUT2D eigenvalue weighted by Gasteiger charge is -2.33. The second-order valence-electron chi connectivity index (χ2n) is 4.31. The Morgan fingerprint density at radius 1 is 1.56 bits per heavy atom. The number of rotatable bonds is 3. The molecule has 0 spiro atoms. The number of carbonyl (C=O) groups is 1. The Morgan fingerprint density at radius 2 is 2.33 bits per heavy atom. The summed E-state index contributed by atoms with van der Waals surface area (Å²) in [6, 6.07) is 4.42. The van der Waals surface area contributed by atoms with Crippen molar-refractivity contribution in [3.8, 4) is 5.75 Å². The van der Waals surface area contributed by atoms with Crippen LogP contribution in [0.1, 0.15) is 5.56 Å². The number of aromatic hydroxyl groups is 1. The van der Waals surface area contributed by atoms with E-state index in [1.54, 1.807) is 12.1 Å². The van der Waals surface area contributed by atoms with E-state index in [1.165, 1.54) is 6.07 Å². The number of carboxylic acids is 1. The van der Waals surface area contributed by atoms with Crippen LogP contribution in [0.15, 0.2) is 18.2 Å². The molecule has 0 saturated carbocycles. The largest absolute Gasteiger partial charge is 0.506 e. The number of piperazine rings is 1. The minimum absolute atomic E-state index is 0.0375. The Hall–Kier alpha value is -1.30. The Kier molecular flexibility index (Phi) is 4.06. The second kappa shape index (κ2) is 5.56. The molecule has 1 aromatic rings. The van der Waals surface area contributed by atoms with E-state index in [0.29, 0.717) is 19.6 Å². The van der Waals surface area contributed by atoms with Crippen molar-refractivity contribution in [1.29, 1.82) is 0 Å². The molecule has 6 heteroatoms. The third kappa shape index (κ3) is 2.93. The summed E-state index contributed by atoms with van der Waals surface area (Å²) in [5, 5.41) is 21.8. The molecule has 1 heterocycles. The van der Waals surface area contributed by atoms with Crippen LogP contribution in [0.2, 0.25) is 5.02 Å². The van der Waals surface area contributed by atoms with E-state index >= 15 is 0 Å². The summed E-state index contributed by atoms with van der Waals surface area (Å²) in [6.45, 7) is 2.41. The Morgan fingerprint density at radius 3 is 3.00 bits per heavy atom. The molecule has 0 amide bonds. The highest BCUT2D eigenvalue weighted by Gasteiger charge is 2.28. The van der Waals surface area contributed by atoms with Gasteiger partial charge in [-0.3, -0.25) is 9.69 Å². The summed E-state index contributed by atoms with van der Waals surface area (Å²) >= 11 is 5.83. The van der Waals surface area contributed by atoms with Gasteiger partial charge in [0.05, 0.1) is 5.02 Å². The second-order valence-corrected chi connectivity index (χ2v) is 4.72. The molecular weight excluding hydrogens is 256 g/mol. The number of phenolic OH excluding ortho intramolecular Hbond substituents is 1. The van der Waals surface area contributed by atoms with Crippen molar-refractivity contribution in [3.05, 3.63) is 28.8 Å². The third-order valence-electron chi connectivity index (χ3n) is 3.04. The normalized spacial score (nSPS) is 20.8. The predicted molar refractivity (Wildman–Crippen MR) is 67.8 cm³/mol. The van der Waals surface area contributed by atoms with Crippen LogP contribution in [-0.4, -0.2) is 46.8 Å². The number of nitrogens with zero attached hydrogens (tertiary/aromatic N) is 1. The van der Waals surface area contributed by atoms with Crippen molar-refractivity contribution in [2.45, 2.75) is 12.6 Å². The molecule has 1 unspecified atom stereocenters. The lowest BCUT2D eigenvalue weighted by Crippen LogP contribution is -2.54. The van der Waals surface area contributed by atoms with Crippen LogP contribution < -0.4 is 5.32 Å². The van der Waals surface area contributed by atoms with Crippen molar-refractivity contribution in [1.82, 2.24) is 10.2 Å². The molecule has 0 bridgehead atoms. The van der Waals surface area contributed by atoms with Gasteiger partial charge in [0.15, 0.2) is 0 Å². The fourth-order valence-electron chi connectivity index (χ4n) is 2.06. The molecule has 0 aromatic heterocycles. The molecule has 3 N–H and O–H groups in total. The highest BCUT2D eigenvalue weighted by atomic mass is 35.5. The lowest BCUT2D eigenvalue weighted by molar-refractivity contribution is -0.144. The van der Waals surface area contributed by atoms with Crippen molar-refractivity contribution in [2.75, 3.05) is 19.6 Å². The van der Waals surface area contributed by atoms with Gasteiger partial charge in [-0.05, 0) is 17.7 Å². The van der Waals surface area contributed by atoms with Crippen molar-refractivity contribution < 1.29 is 15.0 Å². The highest BCUT2D eigenvalue weighted by Crippen LogP contribution is 2.24. The van der Waals surface area contributed by atoms with Gasteiger partial charge in [-0.15, -0.1) is 0 Å². The van der Waals surface area contributed by atoms with Gasteiger partial charge < -0.3 is 15.5 Å². The Balaban J connectivity index is 2.10. The minimum atomic E-state index is -0.827. The molecule has 18 heavy (non-hydrogen) atoms. The van der Waals surface area contributed by atoms with Crippen LogP contribution in [0.5, 0.6) is 5.75 Å². The smallest absolute Gasteiger partial charge is 0.322 e. The quantitative estimate of drug-likeness (QED) is 0.761. The molecule has 1 fully saturated rings. The molecule has 1 aliphatic rings. The minimum Gasteiger partial charge on any atom is -0.506 e. The van der Waals surface area contributed by atoms with Gasteiger partial charge in [0.25, 0.3) is 0 Å². The number of carboxylic acid groups (broad SMARTS) is 1. The van der Waals surface area contributed by atoms with Gasteiger partial charge in [-0.1, -0.05) is 17.7 Å². The SMILES string of the molecule is O=C(O)C1CNCCN1Cc1ccc(O)c(Cl)c1. The molecule has 1 aromatic carbocycles. The average Bonchev–Trinajstić information content (AvgIpc) is 2.34. The maximum atomic E-state index is 11.1. The number of hydrogen-bond acceptors (Lipinski definition) is 4. The number of nitrogens with one attached hydrogen (secondary N) is 1. The van der Waals surface area contributed by atoms with Crippen LogP contribution in [0.4, 0.5) is 0 Å². The topological polar surface area (TPSA) is 72.8 Å². The zero-order chi connectivity index (χ0) is 13.1. The number of phenols is 1. The monoisotopic (exact) mass is 270 g/mol. The maximum absolute atomic E-state index is 11.1. The predicted octanol–water partition coefficient (Wildman–Crippen LogP) is 0.904. The van der Waals surface area contributed by atoms with Crippen LogP contribution in [0.3, 0.4) is 0 Å². The van der Waals surface area contributed by atoms with Crippen LogP contribution in [0.25, 0.3) is 0 Å². The fraction of sp³-hybridized carbons (Fsp3) is 0.417. The van der Waals surface area contributed by atoms with Gasteiger partial charge in [-0.25, -0.2) is 0 Å². The lowest BCUT2D eigenvalue weighted by atomic mass is 10.1. The van der Waals surface area contributed by atoms with E-state index in [-0.39, 0.29) is 10.8 Å². The first kappa shape index (κ1) is 13.1. The highest BCUT2D eigenvalue weighted by molar-refractivity contribution is 6.32. The van der Waals surface area contributed by atoms with E-state index in [4.69, 9.17) is 16.7 Å².